The minimum atomic E-state index is -4.03. The Labute approximate surface area is 187 Å². The minimum absolute atomic E-state index is 0.0379. The number of rotatable bonds is 5. The molecule has 164 valence electrons. The van der Waals surface area contributed by atoms with Gasteiger partial charge < -0.3 is 5.32 Å². The van der Waals surface area contributed by atoms with E-state index >= 15 is 0 Å². The van der Waals surface area contributed by atoms with Crippen molar-refractivity contribution in [2.75, 3.05) is 12.4 Å². The van der Waals surface area contributed by atoms with E-state index in [0.717, 1.165) is 21.0 Å². The molecule has 3 aromatic rings. The van der Waals surface area contributed by atoms with E-state index in [4.69, 9.17) is 0 Å². The maximum Gasteiger partial charge on any atom is 0.345 e. The second-order valence-corrected chi connectivity index (χ2v) is 9.22. The molecule has 9 heteroatoms. The number of hydrogen-bond donors (Lipinski definition) is 1. The van der Waals surface area contributed by atoms with Crippen molar-refractivity contribution in [3.05, 3.63) is 94.8 Å². The maximum absolute atomic E-state index is 12.9. The molecule has 0 saturated heterocycles. The van der Waals surface area contributed by atoms with E-state index in [9.17, 15) is 13.2 Å². The van der Waals surface area contributed by atoms with E-state index in [1.165, 1.54) is 13.1 Å². The zero-order chi connectivity index (χ0) is 22.9. The molecule has 0 unspecified atom stereocenters. The molecule has 0 atom stereocenters. The second-order valence-electron chi connectivity index (χ2n) is 7.60. The number of carbonyl (C=O) groups excluding carboxylic acids is 1. The van der Waals surface area contributed by atoms with Crippen molar-refractivity contribution in [3.8, 4) is 0 Å². The number of carbonyl (C=O) groups is 1. The van der Waals surface area contributed by atoms with Gasteiger partial charge in [-0.3, -0.25) is 9.48 Å². The summed E-state index contributed by atoms with van der Waals surface area (Å²) in [5.41, 5.74) is 4.08. The molecular formula is C23H23N5O3S. The van der Waals surface area contributed by atoms with Crippen LogP contribution in [0.1, 0.15) is 22.3 Å². The van der Waals surface area contributed by atoms with Gasteiger partial charge >= 0.3 is 10.2 Å². The van der Waals surface area contributed by atoms with Crippen LogP contribution >= 0.6 is 0 Å². The monoisotopic (exact) mass is 449 g/mol. The van der Waals surface area contributed by atoms with Crippen LogP contribution in [0.5, 0.6) is 0 Å². The lowest BCUT2D eigenvalue weighted by molar-refractivity contribution is -0.113. The quantitative estimate of drug-likeness (QED) is 0.647. The Morgan fingerprint density at radius 3 is 2.47 bits per heavy atom. The molecule has 0 fully saturated rings. The Bertz CT molecular complexity index is 1340. The number of hydrogen-bond acceptors (Lipinski definition) is 4. The van der Waals surface area contributed by atoms with Gasteiger partial charge in [0.05, 0.1) is 12.3 Å². The van der Waals surface area contributed by atoms with Crippen molar-refractivity contribution in [2.24, 2.45) is 4.40 Å². The summed E-state index contributed by atoms with van der Waals surface area (Å²) in [5, 5.41) is 7.07. The SMILES string of the molecule is Cc1ccc(C2=NS(=O)(=O)N(C)C(C(=O)Nc3ccn(Cc4ccccc4C)n3)=C2)cc1. The molecule has 1 N–H and O–H groups in total. The summed E-state index contributed by atoms with van der Waals surface area (Å²) in [5.74, 6) is -0.258. The Balaban J connectivity index is 1.56. The van der Waals surface area contributed by atoms with Crippen LogP contribution < -0.4 is 5.32 Å². The van der Waals surface area contributed by atoms with Gasteiger partial charge in [0, 0.05) is 24.9 Å². The van der Waals surface area contributed by atoms with Crippen LogP contribution in [0.25, 0.3) is 0 Å². The smallest absolute Gasteiger partial charge is 0.304 e. The lowest BCUT2D eigenvalue weighted by Crippen LogP contribution is -2.35. The normalized spacial score (nSPS) is 15.2. The van der Waals surface area contributed by atoms with E-state index in [1.807, 2.05) is 50.2 Å². The number of nitrogens with one attached hydrogen (secondary N) is 1. The van der Waals surface area contributed by atoms with Crippen LogP contribution in [0.3, 0.4) is 0 Å². The molecule has 1 aliphatic rings. The van der Waals surface area contributed by atoms with E-state index in [-0.39, 0.29) is 11.4 Å². The van der Waals surface area contributed by atoms with Crippen molar-refractivity contribution < 1.29 is 13.2 Å². The first-order chi connectivity index (χ1) is 15.2. The number of benzene rings is 2. The van der Waals surface area contributed by atoms with E-state index in [0.29, 0.717) is 17.9 Å². The molecule has 0 radical (unpaired) electrons. The molecule has 0 bridgehead atoms. The number of aryl methyl sites for hydroxylation is 2. The van der Waals surface area contributed by atoms with Gasteiger partial charge in [0.25, 0.3) is 5.91 Å². The van der Waals surface area contributed by atoms with Crippen molar-refractivity contribution >= 4 is 27.6 Å². The zero-order valence-electron chi connectivity index (χ0n) is 18.0. The van der Waals surface area contributed by atoms with E-state index in [1.54, 1.807) is 29.1 Å². The molecule has 0 saturated carbocycles. The summed E-state index contributed by atoms with van der Waals surface area (Å²) in [4.78, 5) is 12.9. The van der Waals surface area contributed by atoms with Crippen LogP contribution in [0.15, 0.2) is 77.0 Å². The fraction of sp³-hybridized carbons (Fsp3) is 0.174. The van der Waals surface area contributed by atoms with Crippen LogP contribution in [0, 0.1) is 13.8 Å². The highest BCUT2D eigenvalue weighted by atomic mass is 32.2. The summed E-state index contributed by atoms with van der Waals surface area (Å²) in [6.45, 7) is 4.52. The van der Waals surface area contributed by atoms with Crippen LogP contribution in [-0.2, 0) is 21.5 Å². The van der Waals surface area contributed by atoms with Crippen LogP contribution in [0.2, 0.25) is 0 Å². The lowest BCUT2D eigenvalue weighted by atomic mass is 10.1. The molecule has 2 heterocycles. The van der Waals surface area contributed by atoms with Crippen molar-refractivity contribution in [3.63, 3.8) is 0 Å². The van der Waals surface area contributed by atoms with Gasteiger partial charge in [-0.05, 0) is 31.1 Å². The predicted molar refractivity (Wildman–Crippen MR) is 124 cm³/mol. The van der Waals surface area contributed by atoms with Gasteiger partial charge in [-0.15, -0.1) is 4.40 Å². The summed E-state index contributed by atoms with van der Waals surface area (Å²) in [7, 11) is -2.73. The highest BCUT2D eigenvalue weighted by molar-refractivity contribution is 7.88. The summed E-state index contributed by atoms with van der Waals surface area (Å²) >= 11 is 0. The van der Waals surface area contributed by atoms with Gasteiger partial charge in [-0.2, -0.15) is 13.5 Å². The Morgan fingerprint density at radius 2 is 1.75 bits per heavy atom. The summed E-state index contributed by atoms with van der Waals surface area (Å²) in [6.07, 6.45) is 3.22. The van der Waals surface area contributed by atoms with Crippen molar-refractivity contribution in [1.82, 2.24) is 14.1 Å². The average Bonchev–Trinajstić information content (AvgIpc) is 3.19. The topological polar surface area (TPSA) is 96.7 Å². The van der Waals surface area contributed by atoms with Crippen LogP contribution in [-0.4, -0.2) is 41.2 Å². The standard InChI is InChI=1S/C23H23N5O3S/c1-16-8-10-18(11-9-16)20-14-21(27(3)32(30,31)26-20)23(29)24-22-12-13-28(25-22)15-19-7-5-4-6-17(19)2/h4-14H,15H2,1-3H3,(H,24,25,29). The molecule has 1 aromatic heterocycles. The fourth-order valence-electron chi connectivity index (χ4n) is 3.28. The third kappa shape index (κ3) is 4.47. The van der Waals surface area contributed by atoms with E-state index in [2.05, 4.69) is 14.8 Å². The number of allylic oxidation sites excluding steroid dienone is 1. The lowest BCUT2D eigenvalue weighted by Gasteiger charge is -2.23. The van der Waals surface area contributed by atoms with Crippen molar-refractivity contribution in [1.29, 1.82) is 0 Å². The minimum Gasteiger partial charge on any atom is -0.304 e. The highest BCUT2D eigenvalue weighted by Crippen LogP contribution is 2.21. The van der Waals surface area contributed by atoms with Gasteiger partial charge in [0.15, 0.2) is 5.82 Å². The largest absolute Gasteiger partial charge is 0.345 e. The first-order valence-corrected chi connectivity index (χ1v) is 11.4. The molecule has 1 amide bonds. The highest BCUT2D eigenvalue weighted by Gasteiger charge is 2.30. The van der Waals surface area contributed by atoms with Crippen molar-refractivity contribution in [2.45, 2.75) is 20.4 Å². The number of amides is 1. The van der Waals surface area contributed by atoms with Crippen LogP contribution in [0.4, 0.5) is 5.82 Å². The number of aromatic nitrogens is 2. The number of anilines is 1. The molecule has 8 nitrogen and oxygen atoms in total. The third-order valence-corrected chi connectivity index (χ3v) is 6.54. The summed E-state index contributed by atoms with van der Waals surface area (Å²) < 4.78 is 31.5. The molecule has 0 spiro atoms. The first kappa shape index (κ1) is 21.5. The number of likely N-dealkylation sites (N-methyl/N-ethyl adjacent to an activating group) is 1. The third-order valence-electron chi connectivity index (χ3n) is 5.23. The molecular weight excluding hydrogens is 426 g/mol. The number of nitrogens with zero attached hydrogens (tertiary/aromatic N) is 4. The Hall–Kier alpha value is -3.72. The summed E-state index contributed by atoms with van der Waals surface area (Å²) in [6, 6.07) is 16.9. The van der Waals surface area contributed by atoms with Gasteiger partial charge in [0.1, 0.15) is 5.70 Å². The zero-order valence-corrected chi connectivity index (χ0v) is 18.8. The van der Waals surface area contributed by atoms with Gasteiger partial charge in [-0.25, -0.2) is 4.31 Å². The first-order valence-electron chi connectivity index (χ1n) is 10.00. The Kier molecular flexibility index (Phi) is 5.67. The van der Waals surface area contributed by atoms with E-state index < -0.39 is 16.1 Å². The van der Waals surface area contributed by atoms with Gasteiger partial charge in [0.2, 0.25) is 0 Å². The Morgan fingerprint density at radius 1 is 1.03 bits per heavy atom. The fourth-order valence-corrected chi connectivity index (χ4v) is 4.20. The predicted octanol–water partition coefficient (Wildman–Crippen LogP) is 3.05. The molecule has 1 aliphatic heterocycles. The molecule has 32 heavy (non-hydrogen) atoms. The van der Waals surface area contributed by atoms with Gasteiger partial charge in [-0.1, -0.05) is 54.1 Å². The molecule has 0 aliphatic carbocycles. The maximum atomic E-state index is 12.9. The average molecular weight is 450 g/mol. The second kappa shape index (κ2) is 8.43. The molecule has 2 aromatic carbocycles. The molecule has 4 rings (SSSR count).